The molecule has 1 saturated carbocycles. The number of carbonyl (C=O) groups excluding carboxylic acids is 1. The molecule has 0 spiro atoms. The predicted octanol–water partition coefficient (Wildman–Crippen LogP) is 2.11. The highest BCUT2D eigenvalue weighted by molar-refractivity contribution is 7.89. The van der Waals surface area contributed by atoms with Crippen molar-refractivity contribution in [2.24, 2.45) is 0 Å². The fourth-order valence-electron chi connectivity index (χ4n) is 2.78. The summed E-state index contributed by atoms with van der Waals surface area (Å²) >= 11 is 0. The number of sulfonamides is 1. The van der Waals surface area contributed by atoms with Crippen LogP contribution in [0.1, 0.15) is 42.9 Å². The van der Waals surface area contributed by atoms with Crippen LogP contribution in [-0.2, 0) is 14.8 Å². The second-order valence-corrected chi connectivity index (χ2v) is 7.48. The number of alkyl halides is 2. The summed E-state index contributed by atoms with van der Waals surface area (Å²) in [5, 5.41) is 0. The zero-order valence-corrected chi connectivity index (χ0v) is 13.6. The van der Waals surface area contributed by atoms with Gasteiger partial charge in [0.15, 0.2) is 11.5 Å². The van der Waals surface area contributed by atoms with Gasteiger partial charge in [-0.1, -0.05) is 0 Å². The molecule has 0 aromatic carbocycles. The van der Waals surface area contributed by atoms with Crippen LogP contribution in [0.15, 0.2) is 4.90 Å². The summed E-state index contributed by atoms with van der Waals surface area (Å²) in [5.41, 5.74) is -2.09. The fourth-order valence-corrected chi connectivity index (χ4v) is 4.47. The number of aromatic nitrogens is 1. The maximum atomic E-state index is 14.3. The third-order valence-electron chi connectivity index (χ3n) is 3.50. The molecule has 0 bridgehead atoms. The first-order chi connectivity index (χ1) is 10.4. The smallest absolute Gasteiger partial charge is 0.357 e. The first-order valence-electron chi connectivity index (χ1n) is 6.88. The molecule has 1 aromatic heterocycles. The molecule has 0 aliphatic heterocycles. The van der Waals surface area contributed by atoms with Crippen LogP contribution in [0.25, 0.3) is 0 Å². The second kappa shape index (κ2) is 5.52. The Hall–Kier alpha value is -1.55. The van der Waals surface area contributed by atoms with E-state index >= 15 is 0 Å². The van der Waals surface area contributed by atoms with Crippen LogP contribution >= 0.6 is 0 Å². The van der Waals surface area contributed by atoms with E-state index in [1.165, 1.54) is 20.8 Å². The van der Waals surface area contributed by atoms with E-state index in [4.69, 9.17) is 0 Å². The number of rotatable bonds is 5. The highest BCUT2D eigenvalue weighted by atomic mass is 32.2. The van der Waals surface area contributed by atoms with Gasteiger partial charge in [0.2, 0.25) is 10.0 Å². The van der Waals surface area contributed by atoms with Gasteiger partial charge < -0.3 is 9.72 Å². The van der Waals surface area contributed by atoms with Crippen molar-refractivity contribution in [1.29, 1.82) is 0 Å². The molecule has 2 rings (SSSR count). The molecule has 6 nitrogen and oxygen atoms in total. The summed E-state index contributed by atoms with van der Waals surface area (Å²) < 4.78 is 71.6. The summed E-state index contributed by atoms with van der Waals surface area (Å²) in [6, 6.07) is 0. The van der Waals surface area contributed by atoms with E-state index in [1.807, 2.05) is 0 Å². The summed E-state index contributed by atoms with van der Waals surface area (Å²) in [6.45, 7) is 4.08. The lowest BCUT2D eigenvalue weighted by Crippen LogP contribution is -2.60. The molecule has 1 aliphatic carbocycles. The highest BCUT2D eigenvalue weighted by Crippen LogP contribution is 2.46. The number of H-pyrrole nitrogens is 1. The molecule has 0 amide bonds. The summed E-state index contributed by atoms with van der Waals surface area (Å²) in [7, 11) is -4.42. The standard InChI is InChI=1S/C13H17F3N2O4S/c1-4-22-11(19)9-8(14)10(7(2)17-9)23(20,21)18-12(3)5-13(15,16)6-12/h17-18H,4-6H2,1-3H3. The van der Waals surface area contributed by atoms with Crippen molar-refractivity contribution in [2.75, 3.05) is 6.61 Å². The van der Waals surface area contributed by atoms with E-state index < -0.39 is 56.7 Å². The fraction of sp³-hybridized carbons (Fsp3) is 0.615. The second-order valence-electron chi connectivity index (χ2n) is 5.86. The normalized spacial score (nSPS) is 19.2. The van der Waals surface area contributed by atoms with Crippen molar-refractivity contribution in [3.63, 3.8) is 0 Å². The monoisotopic (exact) mass is 354 g/mol. The molecule has 1 heterocycles. The molecule has 0 radical (unpaired) electrons. The van der Waals surface area contributed by atoms with E-state index in [0.717, 1.165) is 0 Å². The van der Waals surface area contributed by atoms with Crippen LogP contribution in [0.5, 0.6) is 0 Å². The minimum atomic E-state index is -4.42. The van der Waals surface area contributed by atoms with Gasteiger partial charge in [0.05, 0.1) is 6.61 Å². The van der Waals surface area contributed by atoms with Gasteiger partial charge in [0.25, 0.3) is 5.92 Å². The summed E-state index contributed by atoms with van der Waals surface area (Å²) in [6.07, 6.45) is -1.34. The van der Waals surface area contributed by atoms with Crippen molar-refractivity contribution in [3.8, 4) is 0 Å². The SMILES string of the molecule is CCOC(=O)c1[nH]c(C)c(S(=O)(=O)NC2(C)CC(F)(F)C2)c1F. The maximum absolute atomic E-state index is 14.3. The zero-order valence-electron chi connectivity index (χ0n) is 12.8. The van der Waals surface area contributed by atoms with E-state index in [9.17, 15) is 26.4 Å². The van der Waals surface area contributed by atoms with Gasteiger partial charge in [0.1, 0.15) is 4.90 Å². The lowest BCUT2D eigenvalue weighted by Gasteiger charge is -2.44. The molecule has 0 saturated heterocycles. The Kier molecular flexibility index (Phi) is 4.27. The van der Waals surface area contributed by atoms with Gasteiger partial charge in [-0.05, 0) is 20.8 Å². The molecule has 1 aliphatic rings. The average molecular weight is 354 g/mol. The van der Waals surface area contributed by atoms with Gasteiger partial charge >= 0.3 is 5.97 Å². The van der Waals surface area contributed by atoms with Gasteiger partial charge in [0, 0.05) is 24.1 Å². The molecule has 1 fully saturated rings. The molecule has 23 heavy (non-hydrogen) atoms. The van der Waals surface area contributed by atoms with Gasteiger partial charge in [-0.15, -0.1) is 0 Å². The molecule has 10 heteroatoms. The number of halogens is 3. The minimum absolute atomic E-state index is 0.0101. The third-order valence-corrected chi connectivity index (χ3v) is 5.28. The number of hydrogen-bond donors (Lipinski definition) is 2. The van der Waals surface area contributed by atoms with E-state index in [-0.39, 0.29) is 12.3 Å². The summed E-state index contributed by atoms with van der Waals surface area (Å²) in [5.74, 6) is -5.27. The largest absolute Gasteiger partial charge is 0.461 e. The average Bonchev–Trinajstić information content (AvgIpc) is 2.61. The number of carbonyl (C=O) groups is 1. The molecule has 2 N–H and O–H groups in total. The molecular formula is C13H17F3N2O4S. The Balaban J connectivity index is 2.32. The molecule has 0 atom stereocenters. The van der Waals surface area contributed by atoms with Crippen molar-refractivity contribution < 1.29 is 31.1 Å². The van der Waals surface area contributed by atoms with Gasteiger partial charge in [-0.25, -0.2) is 31.1 Å². The van der Waals surface area contributed by atoms with E-state index in [2.05, 4.69) is 14.4 Å². The Morgan fingerprint density at radius 3 is 2.43 bits per heavy atom. The molecular weight excluding hydrogens is 337 g/mol. The topological polar surface area (TPSA) is 88.3 Å². The van der Waals surface area contributed by atoms with Crippen molar-refractivity contribution in [2.45, 2.75) is 50.0 Å². The number of ether oxygens (including phenoxy) is 1. The van der Waals surface area contributed by atoms with E-state index in [0.29, 0.717) is 0 Å². The lowest BCUT2D eigenvalue weighted by molar-refractivity contribution is -0.121. The third kappa shape index (κ3) is 3.37. The van der Waals surface area contributed by atoms with Crippen molar-refractivity contribution in [3.05, 3.63) is 17.2 Å². The zero-order chi connectivity index (χ0) is 17.6. The number of aromatic amines is 1. The van der Waals surface area contributed by atoms with Crippen LogP contribution < -0.4 is 4.72 Å². The quantitative estimate of drug-likeness (QED) is 0.793. The lowest BCUT2D eigenvalue weighted by atomic mass is 9.76. The Morgan fingerprint density at radius 2 is 1.96 bits per heavy atom. The van der Waals surface area contributed by atoms with Crippen LogP contribution in [-0.4, -0.2) is 37.4 Å². The van der Waals surface area contributed by atoms with Crippen LogP contribution in [0, 0.1) is 12.7 Å². The highest BCUT2D eigenvalue weighted by Gasteiger charge is 2.55. The van der Waals surface area contributed by atoms with Crippen molar-refractivity contribution in [1.82, 2.24) is 9.71 Å². The van der Waals surface area contributed by atoms with Crippen molar-refractivity contribution >= 4 is 16.0 Å². The Morgan fingerprint density at radius 1 is 1.39 bits per heavy atom. The van der Waals surface area contributed by atoms with Gasteiger partial charge in [-0.2, -0.15) is 0 Å². The maximum Gasteiger partial charge on any atom is 0.357 e. The minimum Gasteiger partial charge on any atom is -0.461 e. The van der Waals surface area contributed by atoms with Crippen LogP contribution in [0.3, 0.4) is 0 Å². The Bertz CT molecular complexity index is 735. The van der Waals surface area contributed by atoms with Crippen LogP contribution in [0.2, 0.25) is 0 Å². The number of esters is 1. The molecule has 130 valence electrons. The first-order valence-corrected chi connectivity index (χ1v) is 8.36. The number of nitrogens with one attached hydrogen (secondary N) is 2. The van der Waals surface area contributed by atoms with Gasteiger partial charge in [-0.3, -0.25) is 0 Å². The number of aryl methyl sites for hydroxylation is 1. The van der Waals surface area contributed by atoms with Crippen LogP contribution in [0.4, 0.5) is 13.2 Å². The molecule has 1 aromatic rings. The predicted molar refractivity (Wildman–Crippen MR) is 74.4 cm³/mol. The van der Waals surface area contributed by atoms with E-state index in [1.54, 1.807) is 0 Å². The Labute approximate surface area is 131 Å². The molecule has 0 unspecified atom stereocenters. The summed E-state index contributed by atoms with van der Waals surface area (Å²) in [4.78, 5) is 13.1. The number of hydrogen-bond acceptors (Lipinski definition) is 4. The first kappa shape index (κ1) is 17.8.